The molecule has 4 rings (SSSR count). The largest absolute Gasteiger partial charge is 0.481 e. The van der Waals surface area contributed by atoms with Crippen LogP contribution in [0.5, 0.6) is 0 Å². The van der Waals surface area contributed by atoms with E-state index in [0.29, 0.717) is 17.7 Å². The van der Waals surface area contributed by atoms with Crippen LogP contribution in [-0.2, 0) is 9.59 Å². The summed E-state index contributed by atoms with van der Waals surface area (Å²) in [6, 6.07) is 16.4. The molecule has 2 N–H and O–H groups in total. The van der Waals surface area contributed by atoms with Gasteiger partial charge in [0.15, 0.2) is 0 Å². The Morgan fingerprint density at radius 1 is 1.13 bits per heavy atom. The number of aromatic nitrogens is 1. The molecule has 7 nitrogen and oxygen atoms in total. The van der Waals surface area contributed by atoms with E-state index in [2.05, 4.69) is 10.1 Å². The second-order valence-corrected chi connectivity index (χ2v) is 7.36. The number of carboxylic acid groups (broad SMARTS) is 1. The molecule has 1 aromatic heterocycles. The summed E-state index contributed by atoms with van der Waals surface area (Å²) in [6.07, 6.45) is -0.0866. The standard InChI is InChI=1S/C23H21N3O4/c1-14-6-5-9-16-12-17(23(30)24-22(14)16)19-13-18(15-7-3-2-4-8-15)25-26(19)20(27)10-11-21(28)29/h2-9,12,19H,10-11,13H2,1H3,(H,24,30)(H,28,29)/t19-/m1/s1. The number of aryl methyl sites for hydroxylation is 1. The molecule has 0 spiro atoms. The Morgan fingerprint density at radius 2 is 1.90 bits per heavy atom. The van der Waals surface area contributed by atoms with E-state index in [0.717, 1.165) is 22.0 Å². The van der Waals surface area contributed by atoms with Crippen molar-refractivity contribution < 1.29 is 14.7 Å². The van der Waals surface area contributed by atoms with E-state index < -0.39 is 17.9 Å². The molecule has 0 saturated carbocycles. The number of hydrazone groups is 1. The Hall–Kier alpha value is -3.74. The van der Waals surface area contributed by atoms with Crippen LogP contribution in [0.15, 0.2) is 64.5 Å². The van der Waals surface area contributed by atoms with Crippen LogP contribution in [0.25, 0.3) is 10.9 Å². The fourth-order valence-electron chi connectivity index (χ4n) is 3.76. The first-order chi connectivity index (χ1) is 14.4. The fraction of sp³-hybridized carbons (Fsp3) is 0.217. The van der Waals surface area contributed by atoms with Crippen LogP contribution in [-0.4, -0.2) is 32.7 Å². The van der Waals surface area contributed by atoms with Crippen LogP contribution >= 0.6 is 0 Å². The molecule has 3 aromatic rings. The fourth-order valence-corrected chi connectivity index (χ4v) is 3.76. The first kappa shape index (κ1) is 19.6. The molecule has 2 aromatic carbocycles. The van der Waals surface area contributed by atoms with Gasteiger partial charge < -0.3 is 10.1 Å². The van der Waals surface area contributed by atoms with Crippen molar-refractivity contribution in [3.63, 3.8) is 0 Å². The number of rotatable bonds is 5. The molecule has 7 heteroatoms. The van der Waals surface area contributed by atoms with E-state index in [1.807, 2.05) is 55.5 Å². The summed E-state index contributed by atoms with van der Waals surface area (Å²) in [5.41, 5.74) is 3.43. The maximum atomic E-state index is 12.9. The van der Waals surface area contributed by atoms with Crippen molar-refractivity contribution in [2.24, 2.45) is 5.10 Å². The second-order valence-electron chi connectivity index (χ2n) is 7.36. The number of hydrogen-bond acceptors (Lipinski definition) is 4. The number of aliphatic carboxylic acids is 1. The van der Waals surface area contributed by atoms with Gasteiger partial charge in [0, 0.05) is 18.4 Å². The van der Waals surface area contributed by atoms with Gasteiger partial charge in [-0.3, -0.25) is 14.4 Å². The van der Waals surface area contributed by atoms with E-state index in [4.69, 9.17) is 5.11 Å². The zero-order valence-electron chi connectivity index (χ0n) is 16.5. The molecule has 0 aliphatic carbocycles. The SMILES string of the molecule is Cc1cccc2cc([C@H]3CC(c4ccccc4)=NN3C(=O)CCC(=O)O)c(=O)[nH]c12. The van der Waals surface area contributed by atoms with Crippen molar-refractivity contribution in [3.05, 3.63) is 81.6 Å². The smallest absolute Gasteiger partial charge is 0.303 e. The van der Waals surface area contributed by atoms with Gasteiger partial charge in [-0.1, -0.05) is 48.5 Å². The van der Waals surface area contributed by atoms with Crippen LogP contribution in [0.2, 0.25) is 0 Å². The van der Waals surface area contributed by atoms with Crippen molar-refractivity contribution in [1.29, 1.82) is 0 Å². The number of hydrogen-bond donors (Lipinski definition) is 2. The predicted molar refractivity (Wildman–Crippen MR) is 113 cm³/mol. The Kier molecular flexibility index (Phi) is 5.18. The van der Waals surface area contributed by atoms with Gasteiger partial charge in [0.25, 0.3) is 5.56 Å². The average molecular weight is 403 g/mol. The number of nitrogens with zero attached hydrogens (tertiary/aromatic N) is 2. The summed E-state index contributed by atoms with van der Waals surface area (Å²) < 4.78 is 0. The quantitative estimate of drug-likeness (QED) is 0.682. The van der Waals surface area contributed by atoms with Crippen LogP contribution in [0.4, 0.5) is 0 Å². The van der Waals surface area contributed by atoms with Crippen molar-refractivity contribution in [2.45, 2.75) is 32.2 Å². The lowest BCUT2D eigenvalue weighted by atomic mass is 9.97. The molecule has 0 fully saturated rings. The third-order valence-electron chi connectivity index (χ3n) is 5.30. The van der Waals surface area contributed by atoms with E-state index in [-0.39, 0.29) is 18.4 Å². The van der Waals surface area contributed by atoms with Gasteiger partial charge in [0.1, 0.15) is 0 Å². The number of nitrogens with one attached hydrogen (secondary N) is 1. The number of pyridine rings is 1. The maximum absolute atomic E-state index is 12.9. The minimum absolute atomic E-state index is 0.179. The van der Waals surface area contributed by atoms with Crippen molar-refractivity contribution >= 4 is 28.5 Å². The number of carbonyl (C=O) groups is 2. The minimum Gasteiger partial charge on any atom is -0.481 e. The Labute approximate surface area is 172 Å². The second kappa shape index (κ2) is 7.94. The monoisotopic (exact) mass is 403 g/mol. The number of H-pyrrole nitrogens is 1. The number of fused-ring (bicyclic) bond motifs is 1. The van der Waals surface area contributed by atoms with E-state index >= 15 is 0 Å². The minimum atomic E-state index is -1.05. The molecule has 0 bridgehead atoms. The molecule has 1 amide bonds. The summed E-state index contributed by atoms with van der Waals surface area (Å²) in [7, 11) is 0. The molecule has 152 valence electrons. The summed E-state index contributed by atoms with van der Waals surface area (Å²) in [5, 5.41) is 15.6. The van der Waals surface area contributed by atoms with Crippen LogP contribution in [0.3, 0.4) is 0 Å². The first-order valence-electron chi connectivity index (χ1n) is 9.73. The molecule has 0 unspecified atom stereocenters. The summed E-state index contributed by atoms with van der Waals surface area (Å²) in [5.74, 6) is -1.47. The highest BCUT2D eigenvalue weighted by atomic mass is 16.4. The number of carbonyl (C=O) groups excluding carboxylic acids is 1. The van der Waals surface area contributed by atoms with Gasteiger partial charge >= 0.3 is 5.97 Å². The number of carboxylic acids is 1. The highest BCUT2D eigenvalue weighted by Gasteiger charge is 2.34. The van der Waals surface area contributed by atoms with Gasteiger partial charge in [0.2, 0.25) is 5.91 Å². The van der Waals surface area contributed by atoms with Crippen molar-refractivity contribution in [1.82, 2.24) is 9.99 Å². The maximum Gasteiger partial charge on any atom is 0.303 e. The zero-order valence-corrected chi connectivity index (χ0v) is 16.5. The van der Waals surface area contributed by atoms with Gasteiger partial charge in [-0.2, -0.15) is 5.10 Å². The van der Waals surface area contributed by atoms with Crippen LogP contribution < -0.4 is 5.56 Å². The number of amides is 1. The lowest BCUT2D eigenvalue weighted by Crippen LogP contribution is -2.31. The third-order valence-corrected chi connectivity index (χ3v) is 5.30. The molecular formula is C23H21N3O4. The average Bonchev–Trinajstić information content (AvgIpc) is 3.18. The molecule has 1 aliphatic rings. The Morgan fingerprint density at radius 3 is 2.63 bits per heavy atom. The molecule has 1 aliphatic heterocycles. The zero-order chi connectivity index (χ0) is 21.3. The highest BCUT2D eigenvalue weighted by Crippen LogP contribution is 2.33. The lowest BCUT2D eigenvalue weighted by molar-refractivity contribution is -0.141. The topological polar surface area (TPSA) is 103 Å². The molecule has 30 heavy (non-hydrogen) atoms. The first-order valence-corrected chi connectivity index (χ1v) is 9.73. The third kappa shape index (κ3) is 3.74. The van der Waals surface area contributed by atoms with E-state index in [9.17, 15) is 14.4 Å². The van der Waals surface area contributed by atoms with Gasteiger partial charge in [0.05, 0.1) is 23.7 Å². The Bertz CT molecular complexity index is 1210. The molecule has 0 radical (unpaired) electrons. The van der Waals surface area contributed by atoms with Gasteiger partial charge in [-0.05, 0) is 29.5 Å². The highest BCUT2D eigenvalue weighted by molar-refractivity contribution is 6.03. The molecule has 1 atom stereocenters. The summed E-state index contributed by atoms with van der Waals surface area (Å²) >= 11 is 0. The molecule has 0 saturated heterocycles. The summed E-state index contributed by atoms with van der Waals surface area (Å²) in [6.45, 7) is 1.92. The van der Waals surface area contributed by atoms with E-state index in [1.165, 1.54) is 5.01 Å². The molecular weight excluding hydrogens is 382 g/mol. The van der Waals surface area contributed by atoms with Crippen molar-refractivity contribution in [3.8, 4) is 0 Å². The summed E-state index contributed by atoms with van der Waals surface area (Å²) in [4.78, 5) is 39.6. The molecule has 2 heterocycles. The van der Waals surface area contributed by atoms with Gasteiger partial charge in [-0.15, -0.1) is 0 Å². The van der Waals surface area contributed by atoms with Crippen LogP contribution in [0.1, 0.15) is 42.0 Å². The number of para-hydroxylation sites is 1. The van der Waals surface area contributed by atoms with Crippen LogP contribution in [0, 0.1) is 6.92 Å². The predicted octanol–water partition coefficient (Wildman–Crippen LogP) is 3.38. The van der Waals surface area contributed by atoms with Crippen molar-refractivity contribution in [2.75, 3.05) is 0 Å². The number of benzene rings is 2. The van der Waals surface area contributed by atoms with Gasteiger partial charge in [-0.25, -0.2) is 5.01 Å². The Balaban J connectivity index is 1.76. The van der Waals surface area contributed by atoms with E-state index in [1.54, 1.807) is 6.07 Å². The normalized spacial score (nSPS) is 16.0. The number of aromatic amines is 1. The lowest BCUT2D eigenvalue weighted by Gasteiger charge is -2.21.